The maximum absolute atomic E-state index is 3.49. The molecule has 0 radical (unpaired) electrons. The lowest BCUT2D eigenvalue weighted by Gasteiger charge is -2.38. The summed E-state index contributed by atoms with van der Waals surface area (Å²) in [5.74, 6) is 0.961. The molecule has 1 rings (SSSR count). The summed E-state index contributed by atoms with van der Waals surface area (Å²) in [6, 6.07) is 0. The highest BCUT2D eigenvalue weighted by molar-refractivity contribution is 4.89. The van der Waals surface area contributed by atoms with Crippen molar-refractivity contribution in [2.75, 3.05) is 7.05 Å². The summed E-state index contributed by atoms with van der Waals surface area (Å²) in [5, 5.41) is 3.49. The molecule has 1 N–H and O–H groups in total. The standard InChI is InChI=1S/C10H21N/c1-4-10(11-3)7-5-9(2)6-8-10/h9,11H,4-8H2,1-3H3. The van der Waals surface area contributed by atoms with Crippen LogP contribution in [0.2, 0.25) is 0 Å². The van der Waals surface area contributed by atoms with E-state index in [1.165, 1.54) is 32.1 Å². The van der Waals surface area contributed by atoms with Crippen molar-refractivity contribution in [3.05, 3.63) is 0 Å². The van der Waals surface area contributed by atoms with Crippen LogP contribution in [0.1, 0.15) is 46.0 Å². The Hall–Kier alpha value is -0.0400. The molecular weight excluding hydrogens is 134 g/mol. The summed E-state index contributed by atoms with van der Waals surface area (Å²) in [6.07, 6.45) is 6.86. The van der Waals surface area contributed by atoms with Crippen molar-refractivity contribution in [1.29, 1.82) is 0 Å². The van der Waals surface area contributed by atoms with Crippen LogP contribution in [0, 0.1) is 5.92 Å². The fourth-order valence-electron chi connectivity index (χ4n) is 2.10. The second-order valence-electron chi connectivity index (χ2n) is 4.07. The minimum absolute atomic E-state index is 0.493. The molecule has 0 atom stereocenters. The Morgan fingerprint density at radius 3 is 2.27 bits per heavy atom. The third kappa shape index (κ3) is 1.96. The van der Waals surface area contributed by atoms with Gasteiger partial charge in [0.05, 0.1) is 0 Å². The summed E-state index contributed by atoms with van der Waals surface area (Å²) in [5.41, 5.74) is 0.493. The van der Waals surface area contributed by atoms with Gasteiger partial charge in [-0.15, -0.1) is 0 Å². The van der Waals surface area contributed by atoms with Crippen molar-refractivity contribution in [3.63, 3.8) is 0 Å². The second-order valence-corrected chi connectivity index (χ2v) is 4.07. The van der Waals surface area contributed by atoms with E-state index in [9.17, 15) is 0 Å². The molecule has 0 unspecified atom stereocenters. The molecule has 0 bridgehead atoms. The predicted molar refractivity (Wildman–Crippen MR) is 49.7 cm³/mol. The van der Waals surface area contributed by atoms with Gasteiger partial charge in [0.15, 0.2) is 0 Å². The molecule has 0 saturated heterocycles. The van der Waals surface area contributed by atoms with Crippen LogP contribution < -0.4 is 5.32 Å². The Kier molecular flexibility index (Phi) is 2.94. The van der Waals surface area contributed by atoms with Crippen molar-refractivity contribution in [3.8, 4) is 0 Å². The molecule has 0 heterocycles. The highest BCUT2D eigenvalue weighted by Crippen LogP contribution is 2.33. The molecule has 0 aromatic carbocycles. The fraction of sp³-hybridized carbons (Fsp3) is 1.00. The molecule has 1 aliphatic rings. The van der Waals surface area contributed by atoms with Crippen LogP contribution in [0.4, 0.5) is 0 Å². The highest BCUT2D eigenvalue weighted by Gasteiger charge is 2.30. The fourth-order valence-corrected chi connectivity index (χ4v) is 2.10. The number of rotatable bonds is 2. The first-order valence-electron chi connectivity index (χ1n) is 4.91. The number of hydrogen-bond donors (Lipinski definition) is 1. The molecule has 0 aliphatic heterocycles. The minimum Gasteiger partial charge on any atom is -0.314 e. The molecule has 1 heteroatoms. The lowest BCUT2D eigenvalue weighted by molar-refractivity contribution is 0.201. The van der Waals surface area contributed by atoms with E-state index in [2.05, 4.69) is 26.2 Å². The van der Waals surface area contributed by atoms with Gasteiger partial charge in [-0.1, -0.05) is 13.8 Å². The molecule has 0 aromatic heterocycles. The first kappa shape index (κ1) is 9.05. The largest absolute Gasteiger partial charge is 0.314 e. The molecule has 11 heavy (non-hydrogen) atoms. The van der Waals surface area contributed by atoms with Crippen LogP contribution >= 0.6 is 0 Å². The van der Waals surface area contributed by atoms with E-state index in [1.54, 1.807) is 0 Å². The summed E-state index contributed by atoms with van der Waals surface area (Å²) in [4.78, 5) is 0. The lowest BCUT2D eigenvalue weighted by Crippen LogP contribution is -2.45. The Morgan fingerprint density at radius 1 is 1.36 bits per heavy atom. The quantitative estimate of drug-likeness (QED) is 0.646. The van der Waals surface area contributed by atoms with E-state index in [0.29, 0.717) is 5.54 Å². The Bertz CT molecular complexity index is 106. The van der Waals surface area contributed by atoms with Crippen LogP contribution in [-0.2, 0) is 0 Å². The van der Waals surface area contributed by atoms with Gasteiger partial charge in [0.2, 0.25) is 0 Å². The third-order valence-corrected chi connectivity index (χ3v) is 3.44. The maximum atomic E-state index is 3.49. The predicted octanol–water partition coefficient (Wildman–Crippen LogP) is 2.56. The van der Waals surface area contributed by atoms with Crippen LogP contribution in [-0.4, -0.2) is 12.6 Å². The van der Waals surface area contributed by atoms with Crippen molar-refractivity contribution in [2.24, 2.45) is 5.92 Å². The first-order chi connectivity index (χ1) is 5.22. The van der Waals surface area contributed by atoms with E-state index in [-0.39, 0.29) is 0 Å². The van der Waals surface area contributed by atoms with Crippen LogP contribution in [0.5, 0.6) is 0 Å². The maximum Gasteiger partial charge on any atom is 0.0176 e. The van der Waals surface area contributed by atoms with Crippen LogP contribution in [0.3, 0.4) is 0 Å². The molecule has 1 aliphatic carbocycles. The van der Waals surface area contributed by atoms with Gasteiger partial charge in [0.1, 0.15) is 0 Å². The van der Waals surface area contributed by atoms with Gasteiger partial charge in [-0.05, 0) is 45.1 Å². The Labute approximate surface area is 70.6 Å². The van der Waals surface area contributed by atoms with Gasteiger partial charge in [0, 0.05) is 5.54 Å². The average Bonchev–Trinajstić information content (AvgIpc) is 2.07. The second kappa shape index (κ2) is 3.57. The Morgan fingerprint density at radius 2 is 1.91 bits per heavy atom. The van der Waals surface area contributed by atoms with Gasteiger partial charge in [-0.3, -0.25) is 0 Å². The molecule has 1 fully saturated rings. The molecule has 0 amide bonds. The van der Waals surface area contributed by atoms with Crippen LogP contribution in [0.15, 0.2) is 0 Å². The van der Waals surface area contributed by atoms with E-state index < -0.39 is 0 Å². The van der Waals surface area contributed by atoms with Gasteiger partial charge in [-0.25, -0.2) is 0 Å². The van der Waals surface area contributed by atoms with Gasteiger partial charge < -0.3 is 5.32 Å². The monoisotopic (exact) mass is 155 g/mol. The van der Waals surface area contributed by atoms with Crippen molar-refractivity contribution >= 4 is 0 Å². The first-order valence-corrected chi connectivity index (χ1v) is 4.91. The number of hydrogen-bond acceptors (Lipinski definition) is 1. The molecule has 1 saturated carbocycles. The SMILES string of the molecule is CCC1(NC)CCC(C)CC1. The van der Waals surface area contributed by atoms with E-state index >= 15 is 0 Å². The van der Waals surface area contributed by atoms with Gasteiger partial charge >= 0.3 is 0 Å². The summed E-state index contributed by atoms with van der Waals surface area (Å²) in [7, 11) is 2.11. The third-order valence-electron chi connectivity index (χ3n) is 3.44. The van der Waals surface area contributed by atoms with Crippen molar-refractivity contribution < 1.29 is 0 Å². The van der Waals surface area contributed by atoms with Crippen molar-refractivity contribution in [1.82, 2.24) is 5.32 Å². The zero-order valence-electron chi connectivity index (χ0n) is 8.11. The molecular formula is C10H21N. The zero-order chi connectivity index (χ0) is 8.32. The van der Waals surface area contributed by atoms with Gasteiger partial charge in [0.25, 0.3) is 0 Å². The summed E-state index contributed by atoms with van der Waals surface area (Å²) < 4.78 is 0. The Balaban J connectivity index is 2.45. The minimum atomic E-state index is 0.493. The number of nitrogens with one attached hydrogen (secondary N) is 1. The topological polar surface area (TPSA) is 12.0 Å². The summed E-state index contributed by atoms with van der Waals surface area (Å²) >= 11 is 0. The van der Waals surface area contributed by atoms with E-state index in [0.717, 1.165) is 5.92 Å². The van der Waals surface area contributed by atoms with Crippen molar-refractivity contribution in [2.45, 2.75) is 51.5 Å². The lowest BCUT2D eigenvalue weighted by atomic mass is 9.76. The van der Waals surface area contributed by atoms with E-state index in [1.807, 2.05) is 0 Å². The van der Waals surface area contributed by atoms with Gasteiger partial charge in [-0.2, -0.15) is 0 Å². The smallest absolute Gasteiger partial charge is 0.0176 e. The normalized spacial score (nSPS) is 39.0. The summed E-state index contributed by atoms with van der Waals surface area (Å²) in [6.45, 7) is 4.67. The molecule has 66 valence electrons. The molecule has 1 nitrogen and oxygen atoms in total. The molecule has 0 aromatic rings. The molecule has 0 spiro atoms. The highest BCUT2D eigenvalue weighted by atomic mass is 14.9. The van der Waals surface area contributed by atoms with Crippen LogP contribution in [0.25, 0.3) is 0 Å². The average molecular weight is 155 g/mol. The van der Waals surface area contributed by atoms with E-state index in [4.69, 9.17) is 0 Å². The zero-order valence-corrected chi connectivity index (χ0v) is 8.11.